The molecule has 8 heteroatoms. The lowest BCUT2D eigenvalue weighted by molar-refractivity contribution is -0.122. The van der Waals surface area contributed by atoms with E-state index in [4.69, 9.17) is 4.74 Å². The van der Waals surface area contributed by atoms with Gasteiger partial charge in [-0.25, -0.2) is 8.42 Å². The summed E-state index contributed by atoms with van der Waals surface area (Å²) in [6, 6.07) is 12.4. The molecule has 1 aliphatic rings. The van der Waals surface area contributed by atoms with E-state index >= 15 is 0 Å². The molecule has 0 unspecified atom stereocenters. The number of benzene rings is 2. The first-order valence-electron chi connectivity index (χ1n) is 7.55. The summed E-state index contributed by atoms with van der Waals surface area (Å²) < 4.78 is 32.1. The van der Waals surface area contributed by atoms with Crippen LogP contribution in [0.1, 0.15) is 5.56 Å². The monoisotopic (exact) mass is 424 g/mol. The molecular formula is C17H17BrN2O4S. The van der Waals surface area contributed by atoms with Gasteiger partial charge >= 0.3 is 0 Å². The van der Waals surface area contributed by atoms with Crippen LogP contribution in [0.4, 0.5) is 11.4 Å². The van der Waals surface area contributed by atoms with Gasteiger partial charge in [0, 0.05) is 10.2 Å². The number of carbonyl (C=O) groups is 1. The number of amides is 1. The fraction of sp³-hybridized carbons (Fsp3) is 0.235. The van der Waals surface area contributed by atoms with Crippen molar-refractivity contribution in [2.24, 2.45) is 0 Å². The third-order valence-corrected chi connectivity index (χ3v) is 5.41. The van der Waals surface area contributed by atoms with Gasteiger partial charge in [0.2, 0.25) is 10.0 Å². The SMILES string of the molecule is Cc1ccc2c(c1)N(S(C)(=O)=O)C[C@H](C(=O)Nc1cccc(Br)c1)O2. The lowest BCUT2D eigenvalue weighted by atomic mass is 10.1. The average Bonchev–Trinajstić information content (AvgIpc) is 2.52. The number of rotatable bonds is 3. The molecule has 1 atom stereocenters. The third kappa shape index (κ3) is 3.96. The number of halogens is 1. The number of ether oxygens (including phenoxy) is 1. The normalized spacial score (nSPS) is 16.8. The van der Waals surface area contributed by atoms with Crippen molar-refractivity contribution in [2.75, 3.05) is 22.4 Å². The molecule has 0 aliphatic carbocycles. The standard InChI is InChI=1S/C17H17BrN2O4S/c1-11-6-7-15-14(8-11)20(25(2,22)23)10-16(24-15)17(21)19-13-5-3-4-12(18)9-13/h3-9,16H,10H2,1-2H3,(H,19,21)/t16-/m1/s1. The Morgan fingerprint density at radius 1 is 1.28 bits per heavy atom. The summed E-state index contributed by atoms with van der Waals surface area (Å²) in [4.78, 5) is 12.6. The largest absolute Gasteiger partial charge is 0.476 e. The van der Waals surface area contributed by atoms with E-state index in [0.717, 1.165) is 16.3 Å². The van der Waals surface area contributed by atoms with Gasteiger partial charge in [-0.2, -0.15) is 0 Å². The van der Waals surface area contributed by atoms with Gasteiger partial charge in [0.1, 0.15) is 5.75 Å². The summed E-state index contributed by atoms with van der Waals surface area (Å²) in [5.41, 5.74) is 1.96. The predicted molar refractivity (Wildman–Crippen MR) is 101 cm³/mol. The highest BCUT2D eigenvalue weighted by molar-refractivity contribution is 9.10. The van der Waals surface area contributed by atoms with E-state index in [2.05, 4.69) is 21.2 Å². The Bertz CT molecular complexity index is 930. The molecule has 3 rings (SSSR count). The minimum Gasteiger partial charge on any atom is -0.476 e. The molecule has 1 heterocycles. The molecular weight excluding hydrogens is 408 g/mol. The summed E-state index contributed by atoms with van der Waals surface area (Å²) in [7, 11) is -3.54. The quantitative estimate of drug-likeness (QED) is 0.821. The number of hydrogen-bond donors (Lipinski definition) is 1. The highest BCUT2D eigenvalue weighted by atomic mass is 79.9. The Kier molecular flexibility index (Phi) is 4.75. The fourth-order valence-electron chi connectivity index (χ4n) is 2.60. The number of carbonyl (C=O) groups excluding carboxylic acids is 1. The molecule has 25 heavy (non-hydrogen) atoms. The molecule has 2 aromatic rings. The van der Waals surface area contributed by atoms with E-state index in [9.17, 15) is 13.2 Å². The van der Waals surface area contributed by atoms with Crippen molar-refractivity contribution in [3.63, 3.8) is 0 Å². The van der Waals surface area contributed by atoms with Gasteiger partial charge in [-0.1, -0.05) is 28.1 Å². The fourth-order valence-corrected chi connectivity index (χ4v) is 3.91. The highest BCUT2D eigenvalue weighted by Gasteiger charge is 2.35. The lowest BCUT2D eigenvalue weighted by Crippen LogP contribution is -2.48. The zero-order chi connectivity index (χ0) is 18.2. The van der Waals surface area contributed by atoms with Crippen molar-refractivity contribution >= 4 is 43.2 Å². The van der Waals surface area contributed by atoms with Crippen LogP contribution in [0.5, 0.6) is 5.75 Å². The van der Waals surface area contributed by atoms with Crippen LogP contribution < -0.4 is 14.4 Å². The van der Waals surface area contributed by atoms with E-state index in [1.54, 1.807) is 30.3 Å². The van der Waals surface area contributed by atoms with E-state index < -0.39 is 22.0 Å². The molecule has 0 fully saturated rings. The zero-order valence-electron chi connectivity index (χ0n) is 13.7. The van der Waals surface area contributed by atoms with Crippen LogP contribution in [0.3, 0.4) is 0 Å². The van der Waals surface area contributed by atoms with E-state index in [1.165, 1.54) is 4.31 Å². The van der Waals surface area contributed by atoms with Crippen molar-refractivity contribution in [2.45, 2.75) is 13.0 Å². The van der Waals surface area contributed by atoms with Crippen molar-refractivity contribution in [1.82, 2.24) is 0 Å². The molecule has 0 spiro atoms. The Morgan fingerprint density at radius 3 is 2.72 bits per heavy atom. The molecule has 0 radical (unpaired) electrons. The predicted octanol–water partition coefficient (Wildman–Crippen LogP) is 2.92. The highest BCUT2D eigenvalue weighted by Crippen LogP contribution is 2.36. The molecule has 0 saturated heterocycles. The summed E-state index contributed by atoms with van der Waals surface area (Å²) in [6.07, 6.45) is 0.178. The maximum absolute atomic E-state index is 12.6. The summed E-state index contributed by atoms with van der Waals surface area (Å²) in [5, 5.41) is 2.75. The Balaban J connectivity index is 1.89. The average molecular weight is 425 g/mol. The van der Waals surface area contributed by atoms with Crippen LogP contribution in [0.15, 0.2) is 46.9 Å². The number of aryl methyl sites for hydroxylation is 1. The third-order valence-electron chi connectivity index (χ3n) is 3.77. The van der Waals surface area contributed by atoms with Gasteiger partial charge in [-0.3, -0.25) is 9.10 Å². The first-order valence-corrected chi connectivity index (χ1v) is 10.2. The molecule has 0 bridgehead atoms. The van der Waals surface area contributed by atoms with Gasteiger partial charge in [0.05, 0.1) is 18.5 Å². The minimum absolute atomic E-state index is 0.0743. The van der Waals surface area contributed by atoms with E-state index in [-0.39, 0.29) is 6.54 Å². The van der Waals surface area contributed by atoms with E-state index in [1.807, 2.05) is 19.1 Å². The van der Waals surface area contributed by atoms with Crippen LogP contribution in [-0.2, 0) is 14.8 Å². The Hall–Kier alpha value is -2.06. The summed E-state index contributed by atoms with van der Waals surface area (Å²) >= 11 is 3.34. The molecule has 1 N–H and O–H groups in total. The number of nitrogens with zero attached hydrogens (tertiary/aromatic N) is 1. The molecule has 132 valence electrons. The second-order valence-electron chi connectivity index (χ2n) is 5.87. The van der Waals surface area contributed by atoms with Crippen molar-refractivity contribution in [3.05, 3.63) is 52.5 Å². The minimum atomic E-state index is -3.54. The smallest absolute Gasteiger partial charge is 0.267 e. The van der Waals surface area contributed by atoms with Crippen LogP contribution in [0, 0.1) is 6.92 Å². The number of hydrogen-bond acceptors (Lipinski definition) is 4. The number of fused-ring (bicyclic) bond motifs is 1. The summed E-state index contributed by atoms with van der Waals surface area (Å²) in [5.74, 6) is -0.0327. The molecule has 1 aliphatic heterocycles. The van der Waals surface area contributed by atoms with Crippen LogP contribution in [-0.4, -0.2) is 33.2 Å². The topological polar surface area (TPSA) is 75.7 Å². The lowest BCUT2D eigenvalue weighted by Gasteiger charge is -2.34. The van der Waals surface area contributed by atoms with Gasteiger partial charge in [-0.05, 0) is 42.8 Å². The maximum Gasteiger partial charge on any atom is 0.267 e. The second-order valence-corrected chi connectivity index (χ2v) is 8.69. The molecule has 6 nitrogen and oxygen atoms in total. The maximum atomic E-state index is 12.6. The van der Waals surface area contributed by atoms with Crippen molar-refractivity contribution in [1.29, 1.82) is 0 Å². The Labute approximate surface area is 155 Å². The number of nitrogens with one attached hydrogen (secondary N) is 1. The molecule has 0 aromatic heterocycles. The molecule has 2 aromatic carbocycles. The van der Waals surface area contributed by atoms with E-state index in [0.29, 0.717) is 17.1 Å². The number of anilines is 2. The Morgan fingerprint density at radius 2 is 2.04 bits per heavy atom. The van der Waals surface area contributed by atoms with Gasteiger partial charge < -0.3 is 10.1 Å². The van der Waals surface area contributed by atoms with Gasteiger partial charge in [-0.15, -0.1) is 0 Å². The zero-order valence-corrected chi connectivity index (χ0v) is 16.1. The van der Waals surface area contributed by atoms with Crippen LogP contribution in [0.25, 0.3) is 0 Å². The molecule has 0 saturated carbocycles. The number of sulfonamides is 1. The first-order chi connectivity index (χ1) is 11.7. The van der Waals surface area contributed by atoms with Gasteiger partial charge in [0.25, 0.3) is 5.91 Å². The van der Waals surface area contributed by atoms with Gasteiger partial charge in [0.15, 0.2) is 6.10 Å². The summed E-state index contributed by atoms with van der Waals surface area (Å²) in [6.45, 7) is 1.79. The van der Waals surface area contributed by atoms with Crippen molar-refractivity contribution in [3.8, 4) is 5.75 Å². The van der Waals surface area contributed by atoms with Crippen LogP contribution >= 0.6 is 15.9 Å². The van der Waals surface area contributed by atoms with Crippen molar-refractivity contribution < 1.29 is 17.9 Å². The first kappa shape index (κ1) is 17.8. The van der Waals surface area contributed by atoms with Crippen LogP contribution in [0.2, 0.25) is 0 Å². The second kappa shape index (κ2) is 6.68. The molecule has 1 amide bonds.